The Morgan fingerprint density at radius 2 is 2.00 bits per heavy atom. The lowest BCUT2D eigenvalue weighted by Gasteiger charge is -2.07. The number of rotatable bonds is 6. The second-order valence-corrected chi connectivity index (χ2v) is 5.69. The molecule has 114 valence electrons. The van der Waals surface area contributed by atoms with Gasteiger partial charge in [-0.3, -0.25) is 9.59 Å². The number of benzene rings is 1. The van der Waals surface area contributed by atoms with Gasteiger partial charge in [-0.05, 0) is 24.6 Å². The fourth-order valence-electron chi connectivity index (χ4n) is 2.00. The summed E-state index contributed by atoms with van der Waals surface area (Å²) >= 11 is 11.8. The number of hydrogen-bond donors (Lipinski definition) is 2. The van der Waals surface area contributed by atoms with Crippen LogP contribution in [0.3, 0.4) is 0 Å². The van der Waals surface area contributed by atoms with Crippen LogP contribution < -0.4 is 10.6 Å². The van der Waals surface area contributed by atoms with Gasteiger partial charge in [0.2, 0.25) is 11.8 Å². The third-order valence-corrected chi connectivity index (χ3v) is 3.81. The first-order chi connectivity index (χ1) is 10.0. The van der Waals surface area contributed by atoms with Gasteiger partial charge in [-0.15, -0.1) is 0 Å². The van der Waals surface area contributed by atoms with Crippen LogP contribution in [-0.2, 0) is 14.3 Å². The molecular formula is C14H16Cl2N2O3. The third-order valence-electron chi connectivity index (χ3n) is 3.26. The van der Waals surface area contributed by atoms with Crippen molar-refractivity contribution < 1.29 is 14.3 Å². The maximum atomic E-state index is 12.0. The lowest BCUT2D eigenvalue weighted by Crippen LogP contribution is -2.30. The molecule has 1 aliphatic rings. The van der Waals surface area contributed by atoms with Gasteiger partial charge in [-0.1, -0.05) is 23.2 Å². The largest absolute Gasteiger partial charge is 0.383 e. The van der Waals surface area contributed by atoms with Gasteiger partial charge in [0.15, 0.2) is 0 Å². The van der Waals surface area contributed by atoms with Crippen LogP contribution in [0.25, 0.3) is 0 Å². The van der Waals surface area contributed by atoms with Crippen molar-refractivity contribution in [2.24, 2.45) is 11.8 Å². The Labute approximate surface area is 132 Å². The van der Waals surface area contributed by atoms with Gasteiger partial charge in [0.1, 0.15) is 0 Å². The Morgan fingerprint density at radius 1 is 1.29 bits per heavy atom. The summed E-state index contributed by atoms with van der Waals surface area (Å²) in [6.45, 7) is 0.902. The van der Waals surface area contributed by atoms with Crippen molar-refractivity contribution in [3.63, 3.8) is 0 Å². The first-order valence-electron chi connectivity index (χ1n) is 6.55. The predicted octanol–water partition coefficient (Wildman–Crippen LogP) is 2.33. The number of methoxy groups -OCH3 is 1. The molecule has 2 amide bonds. The number of ether oxygens (including phenoxy) is 1. The molecule has 1 aromatic rings. The summed E-state index contributed by atoms with van der Waals surface area (Å²) in [5, 5.41) is 6.32. The Morgan fingerprint density at radius 3 is 2.67 bits per heavy atom. The molecule has 7 heteroatoms. The van der Waals surface area contributed by atoms with Gasteiger partial charge in [0.05, 0.1) is 29.2 Å². The van der Waals surface area contributed by atoms with E-state index in [1.807, 2.05) is 0 Å². The van der Waals surface area contributed by atoms with Crippen molar-refractivity contribution in [1.29, 1.82) is 0 Å². The van der Waals surface area contributed by atoms with Gasteiger partial charge in [0, 0.05) is 18.7 Å². The Bertz CT molecular complexity index is 551. The molecule has 0 bridgehead atoms. The van der Waals surface area contributed by atoms with Gasteiger partial charge in [0.25, 0.3) is 0 Å². The van der Waals surface area contributed by atoms with Crippen LogP contribution in [0.1, 0.15) is 6.42 Å². The highest BCUT2D eigenvalue weighted by molar-refractivity contribution is 6.36. The summed E-state index contributed by atoms with van der Waals surface area (Å²) in [7, 11) is 1.56. The average Bonchev–Trinajstić information content (AvgIpc) is 3.22. The molecule has 0 radical (unpaired) electrons. The zero-order chi connectivity index (χ0) is 15.4. The van der Waals surface area contributed by atoms with E-state index in [2.05, 4.69) is 10.6 Å². The number of halogens is 2. The number of carbonyl (C=O) groups excluding carboxylic acids is 2. The zero-order valence-electron chi connectivity index (χ0n) is 11.5. The van der Waals surface area contributed by atoms with E-state index in [0.717, 1.165) is 0 Å². The van der Waals surface area contributed by atoms with E-state index in [-0.39, 0.29) is 23.7 Å². The third kappa shape index (κ3) is 4.33. The normalized spacial score (nSPS) is 20.0. The molecule has 0 spiro atoms. The van der Waals surface area contributed by atoms with Gasteiger partial charge >= 0.3 is 0 Å². The standard InChI is InChI=1S/C14H16Cl2N2O3/c1-21-5-4-17-13(19)9-7-10(9)14(20)18-12-3-2-8(15)6-11(12)16/h2-3,6,9-10H,4-5,7H2,1H3,(H,17,19)(H,18,20). The second-order valence-electron chi connectivity index (χ2n) is 4.85. The van der Waals surface area contributed by atoms with Crippen LogP contribution in [0.4, 0.5) is 5.69 Å². The van der Waals surface area contributed by atoms with Gasteiger partial charge in [-0.25, -0.2) is 0 Å². The van der Waals surface area contributed by atoms with E-state index in [4.69, 9.17) is 27.9 Å². The quantitative estimate of drug-likeness (QED) is 0.786. The highest BCUT2D eigenvalue weighted by Crippen LogP contribution is 2.40. The highest BCUT2D eigenvalue weighted by atomic mass is 35.5. The highest BCUT2D eigenvalue weighted by Gasteiger charge is 2.47. The molecule has 2 atom stereocenters. The topological polar surface area (TPSA) is 67.4 Å². The number of hydrogen-bond acceptors (Lipinski definition) is 3. The predicted molar refractivity (Wildman–Crippen MR) is 81.6 cm³/mol. The minimum Gasteiger partial charge on any atom is -0.383 e. The fourth-order valence-corrected chi connectivity index (χ4v) is 2.45. The monoisotopic (exact) mass is 330 g/mol. The number of carbonyl (C=O) groups is 2. The van der Waals surface area contributed by atoms with E-state index in [9.17, 15) is 9.59 Å². The molecule has 2 rings (SSSR count). The zero-order valence-corrected chi connectivity index (χ0v) is 13.0. The van der Waals surface area contributed by atoms with E-state index in [1.54, 1.807) is 25.3 Å². The summed E-state index contributed by atoms with van der Waals surface area (Å²) in [5.41, 5.74) is 0.497. The van der Waals surface area contributed by atoms with Crippen LogP contribution in [0.2, 0.25) is 10.0 Å². The van der Waals surface area contributed by atoms with Crippen molar-refractivity contribution in [2.45, 2.75) is 6.42 Å². The molecule has 1 fully saturated rings. The van der Waals surface area contributed by atoms with Crippen LogP contribution in [0.15, 0.2) is 18.2 Å². The Hall–Kier alpha value is -1.30. The van der Waals surface area contributed by atoms with Gasteiger partial charge < -0.3 is 15.4 Å². The lowest BCUT2D eigenvalue weighted by molar-refractivity contribution is -0.125. The molecule has 1 aromatic carbocycles. The Balaban J connectivity index is 1.84. The van der Waals surface area contributed by atoms with Crippen molar-refractivity contribution in [3.05, 3.63) is 28.2 Å². The van der Waals surface area contributed by atoms with E-state index < -0.39 is 0 Å². The molecule has 0 aliphatic heterocycles. The minimum absolute atomic E-state index is 0.116. The maximum absolute atomic E-state index is 12.0. The van der Waals surface area contributed by atoms with Crippen molar-refractivity contribution in [2.75, 3.05) is 25.6 Å². The molecule has 1 saturated carbocycles. The van der Waals surface area contributed by atoms with Crippen LogP contribution in [-0.4, -0.2) is 32.1 Å². The van der Waals surface area contributed by atoms with E-state index in [1.165, 1.54) is 0 Å². The lowest BCUT2D eigenvalue weighted by atomic mass is 10.2. The fraction of sp³-hybridized carbons (Fsp3) is 0.429. The van der Waals surface area contributed by atoms with E-state index >= 15 is 0 Å². The smallest absolute Gasteiger partial charge is 0.228 e. The van der Waals surface area contributed by atoms with Crippen molar-refractivity contribution in [3.8, 4) is 0 Å². The molecule has 0 saturated heterocycles. The number of amides is 2. The summed E-state index contributed by atoms with van der Waals surface area (Å²) in [5.74, 6) is -0.896. The first kappa shape index (κ1) is 16.1. The van der Waals surface area contributed by atoms with Crippen molar-refractivity contribution in [1.82, 2.24) is 5.32 Å². The first-order valence-corrected chi connectivity index (χ1v) is 7.31. The maximum Gasteiger partial charge on any atom is 0.228 e. The summed E-state index contributed by atoms with van der Waals surface area (Å²) in [4.78, 5) is 23.8. The number of nitrogens with one attached hydrogen (secondary N) is 2. The van der Waals surface area contributed by atoms with Crippen molar-refractivity contribution >= 4 is 40.7 Å². The van der Waals surface area contributed by atoms with Crippen LogP contribution >= 0.6 is 23.2 Å². The summed E-state index contributed by atoms with van der Waals surface area (Å²) < 4.78 is 4.85. The SMILES string of the molecule is COCCNC(=O)C1CC1C(=O)Nc1ccc(Cl)cc1Cl. The van der Waals surface area contributed by atoms with E-state index in [0.29, 0.717) is 35.3 Å². The second kappa shape index (κ2) is 7.11. The molecular weight excluding hydrogens is 315 g/mol. The molecule has 0 aromatic heterocycles. The molecule has 2 N–H and O–H groups in total. The summed E-state index contributed by atoms with van der Waals surface area (Å²) in [6.07, 6.45) is 0.551. The summed E-state index contributed by atoms with van der Waals surface area (Å²) in [6, 6.07) is 4.84. The van der Waals surface area contributed by atoms with Crippen LogP contribution in [0, 0.1) is 11.8 Å². The molecule has 21 heavy (non-hydrogen) atoms. The van der Waals surface area contributed by atoms with Gasteiger partial charge in [-0.2, -0.15) is 0 Å². The Kier molecular flexibility index (Phi) is 5.45. The van der Waals surface area contributed by atoms with Crippen LogP contribution in [0.5, 0.6) is 0 Å². The average molecular weight is 331 g/mol. The molecule has 1 aliphatic carbocycles. The molecule has 5 nitrogen and oxygen atoms in total. The minimum atomic E-state index is -0.306. The number of anilines is 1. The molecule has 2 unspecified atom stereocenters. The molecule has 0 heterocycles.